The van der Waals surface area contributed by atoms with Crippen LogP contribution in [0.5, 0.6) is 0 Å². The maximum atomic E-state index is 13.3. The summed E-state index contributed by atoms with van der Waals surface area (Å²) in [7, 11) is -1.97. The maximum absolute atomic E-state index is 13.3. The van der Waals surface area contributed by atoms with Crippen LogP contribution < -0.4 is 10.8 Å². The van der Waals surface area contributed by atoms with Crippen LogP contribution in [0.15, 0.2) is 42.5 Å². The van der Waals surface area contributed by atoms with E-state index in [2.05, 4.69) is 5.32 Å². The normalized spacial score (nSPS) is 10.2. The fraction of sp³-hybridized carbons (Fsp3) is 0. The molecule has 0 aliphatic carbocycles. The lowest BCUT2D eigenvalue weighted by atomic mass is 9.79. The first-order chi connectivity index (χ1) is 9.47. The van der Waals surface area contributed by atoms with Crippen molar-refractivity contribution in [1.82, 2.24) is 0 Å². The van der Waals surface area contributed by atoms with E-state index in [-0.39, 0.29) is 11.0 Å². The zero-order chi connectivity index (χ0) is 14.7. The predicted octanol–water partition coefficient (Wildman–Crippen LogP) is 1.41. The van der Waals surface area contributed by atoms with Crippen LogP contribution in [-0.4, -0.2) is 23.1 Å². The topological polar surface area (TPSA) is 69.6 Å². The van der Waals surface area contributed by atoms with E-state index in [0.717, 1.165) is 12.1 Å². The summed E-state index contributed by atoms with van der Waals surface area (Å²) in [6, 6.07) is 9.82. The van der Waals surface area contributed by atoms with Gasteiger partial charge in [-0.2, -0.15) is 0 Å². The van der Waals surface area contributed by atoms with Gasteiger partial charge in [0, 0.05) is 21.7 Å². The van der Waals surface area contributed by atoms with Crippen molar-refractivity contribution in [2.75, 3.05) is 5.32 Å². The number of anilines is 1. The molecule has 0 spiro atoms. The van der Waals surface area contributed by atoms with Crippen molar-refractivity contribution in [3.63, 3.8) is 0 Å². The van der Waals surface area contributed by atoms with Crippen LogP contribution in [-0.2, 0) is 0 Å². The third-order valence-electron chi connectivity index (χ3n) is 2.64. The summed E-state index contributed by atoms with van der Waals surface area (Å²) in [6.45, 7) is 0. The molecule has 7 heteroatoms. The number of hydrogen-bond acceptors (Lipinski definition) is 3. The average molecular weight is 293 g/mol. The van der Waals surface area contributed by atoms with Gasteiger partial charge in [-0.3, -0.25) is 4.79 Å². The Labute approximate surface area is 120 Å². The Kier molecular flexibility index (Phi) is 4.39. The van der Waals surface area contributed by atoms with Gasteiger partial charge in [0.1, 0.15) is 5.82 Å². The molecule has 3 N–H and O–H groups in total. The molecule has 0 aromatic heterocycles. The molecule has 0 aliphatic heterocycles. The van der Waals surface area contributed by atoms with Gasteiger partial charge in [-0.15, -0.1) is 0 Å². The Morgan fingerprint density at radius 2 is 1.80 bits per heavy atom. The Morgan fingerprint density at radius 3 is 2.40 bits per heavy atom. The first-order valence-corrected chi connectivity index (χ1v) is 6.07. The molecule has 0 aliphatic rings. The quantitative estimate of drug-likeness (QED) is 0.750. The van der Waals surface area contributed by atoms with Gasteiger partial charge in [-0.05, 0) is 42.5 Å². The van der Waals surface area contributed by atoms with Crippen molar-refractivity contribution in [1.29, 1.82) is 0 Å². The number of benzene rings is 2. The smallest absolute Gasteiger partial charge is 0.423 e. The molecule has 2 rings (SSSR count). The molecule has 0 saturated heterocycles. The van der Waals surface area contributed by atoms with Crippen LogP contribution >= 0.6 is 11.6 Å². The van der Waals surface area contributed by atoms with Crippen molar-refractivity contribution < 1.29 is 19.2 Å². The molecule has 0 saturated carbocycles. The highest BCUT2D eigenvalue weighted by atomic mass is 35.5. The molecule has 1 amide bonds. The molecule has 0 atom stereocenters. The summed E-state index contributed by atoms with van der Waals surface area (Å²) in [5, 5.41) is 21.1. The van der Waals surface area contributed by atoms with Crippen LogP contribution in [0.2, 0.25) is 5.02 Å². The lowest BCUT2D eigenvalue weighted by Crippen LogP contribution is -2.33. The summed E-state index contributed by atoms with van der Waals surface area (Å²) in [6.07, 6.45) is 0. The second kappa shape index (κ2) is 6.05. The van der Waals surface area contributed by atoms with Crippen molar-refractivity contribution in [2.24, 2.45) is 0 Å². The van der Waals surface area contributed by atoms with Crippen LogP contribution in [0.4, 0.5) is 10.1 Å². The third kappa shape index (κ3) is 3.36. The van der Waals surface area contributed by atoms with Gasteiger partial charge in [0.15, 0.2) is 0 Å². The van der Waals surface area contributed by atoms with Gasteiger partial charge in [-0.1, -0.05) is 11.6 Å². The second-order valence-electron chi connectivity index (χ2n) is 4.07. The summed E-state index contributed by atoms with van der Waals surface area (Å²) in [5.41, 5.74) is 0.285. The molecule has 2 aromatic carbocycles. The Bertz CT molecular complexity index is 634. The molecular weight excluding hydrogens is 283 g/mol. The molecule has 2 aromatic rings. The third-order valence-corrected chi connectivity index (χ3v) is 2.89. The molecule has 4 nitrogen and oxygen atoms in total. The lowest BCUT2D eigenvalue weighted by molar-refractivity contribution is 0.102. The van der Waals surface area contributed by atoms with E-state index in [1.807, 2.05) is 0 Å². The standard InChI is InChI=1S/C13H10BClFNO3/c15-9-2-4-10(5-3-9)17-13(18)8-1-6-12(16)11(7-8)14(19)20/h1-7,19-20H,(H,17,18). The average Bonchev–Trinajstić information content (AvgIpc) is 2.41. The van der Waals surface area contributed by atoms with Crippen LogP contribution in [0, 0.1) is 5.82 Å². The number of carbonyl (C=O) groups excluding carboxylic acids is 1. The van der Waals surface area contributed by atoms with E-state index in [4.69, 9.17) is 21.6 Å². The summed E-state index contributed by atoms with van der Waals surface area (Å²) in [4.78, 5) is 12.0. The summed E-state index contributed by atoms with van der Waals surface area (Å²) >= 11 is 5.73. The molecule has 0 heterocycles. The van der Waals surface area contributed by atoms with E-state index in [0.29, 0.717) is 10.7 Å². The van der Waals surface area contributed by atoms with E-state index < -0.39 is 18.8 Å². The van der Waals surface area contributed by atoms with Crippen LogP contribution in [0.3, 0.4) is 0 Å². The van der Waals surface area contributed by atoms with E-state index >= 15 is 0 Å². The van der Waals surface area contributed by atoms with Crippen molar-refractivity contribution in [2.45, 2.75) is 0 Å². The maximum Gasteiger partial charge on any atom is 0.491 e. The lowest BCUT2D eigenvalue weighted by Gasteiger charge is -2.07. The summed E-state index contributed by atoms with van der Waals surface area (Å²) < 4.78 is 13.3. The monoisotopic (exact) mass is 293 g/mol. The molecule has 20 heavy (non-hydrogen) atoms. The molecule has 0 radical (unpaired) electrons. The largest absolute Gasteiger partial charge is 0.491 e. The van der Waals surface area contributed by atoms with Gasteiger partial charge in [-0.25, -0.2) is 4.39 Å². The number of amides is 1. The van der Waals surface area contributed by atoms with Gasteiger partial charge in [0.25, 0.3) is 5.91 Å². The van der Waals surface area contributed by atoms with Gasteiger partial charge in [0.05, 0.1) is 0 Å². The second-order valence-corrected chi connectivity index (χ2v) is 4.51. The van der Waals surface area contributed by atoms with E-state index in [1.165, 1.54) is 6.07 Å². The first kappa shape index (κ1) is 14.5. The number of carbonyl (C=O) groups is 1. The summed E-state index contributed by atoms with van der Waals surface area (Å²) in [5.74, 6) is -1.28. The van der Waals surface area contributed by atoms with Gasteiger partial charge < -0.3 is 15.4 Å². The highest BCUT2D eigenvalue weighted by Crippen LogP contribution is 2.14. The highest BCUT2D eigenvalue weighted by molar-refractivity contribution is 6.58. The molecular formula is C13H10BClFNO3. The Morgan fingerprint density at radius 1 is 1.15 bits per heavy atom. The van der Waals surface area contributed by atoms with E-state index in [1.54, 1.807) is 24.3 Å². The number of halogens is 2. The van der Waals surface area contributed by atoms with Crippen molar-refractivity contribution in [3.8, 4) is 0 Å². The minimum absolute atomic E-state index is 0.115. The fourth-order valence-corrected chi connectivity index (χ4v) is 1.75. The Hall–Kier alpha value is -1.89. The molecule has 0 fully saturated rings. The van der Waals surface area contributed by atoms with Crippen molar-refractivity contribution >= 4 is 35.8 Å². The predicted molar refractivity (Wildman–Crippen MR) is 75.6 cm³/mol. The Balaban J connectivity index is 2.21. The number of nitrogens with one attached hydrogen (secondary N) is 1. The minimum Gasteiger partial charge on any atom is -0.423 e. The molecule has 0 unspecified atom stereocenters. The van der Waals surface area contributed by atoms with Gasteiger partial charge >= 0.3 is 7.12 Å². The fourth-order valence-electron chi connectivity index (χ4n) is 1.62. The number of hydrogen-bond donors (Lipinski definition) is 3. The zero-order valence-corrected chi connectivity index (χ0v) is 10.9. The minimum atomic E-state index is -1.97. The molecule has 102 valence electrons. The van der Waals surface area contributed by atoms with Crippen LogP contribution in [0.25, 0.3) is 0 Å². The number of rotatable bonds is 3. The highest BCUT2D eigenvalue weighted by Gasteiger charge is 2.18. The van der Waals surface area contributed by atoms with Crippen LogP contribution in [0.1, 0.15) is 10.4 Å². The van der Waals surface area contributed by atoms with Gasteiger partial charge in [0.2, 0.25) is 0 Å². The SMILES string of the molecule is O=C(Nc1ccc(Cl)cc1)c1ccc(F)c(B(O)O)c1. The first-order valence-electron chi connectivity index (χ1n) is 5.70. The zero-order valence-electron chi connectivity index (χ0n) is 10.2. The van der Waals surface area contributed by atoms with Crippen molar-refractivity contribution in [3.05, 3.63) is 58.9 Å². The molecule has 0 bridgehead atoms. The van der Waals surface area contributed by atoms with E-state index in [9.17, 15) is 9.18 Å².